The van der Waals surface area contributed by atoms with Crippen LogP contribution in [0, 0.1) is 5.92 Å². The Kier molecular flexibility index (Phi) is 6.42. The van der Waals surface area contributed by atoms with Gasteiger partial charge >= 0.3 is 0 Å². The second-order valence-corrected chi connectivity index (χ2v) is 5.57. The molecule has 0 spiro atoms. The van der Waals surface area contributed by atoms with Gasteiger partial charge in [0.25, 0.3) is 0 Å². The summed E-state index contributed by atoms with van der Waals surface area (Å²) in [4.78, 5) is 2.28. The Morgan fingerprint density at radius 1 is 1.45 bits per heavy atom. The molecule has 1 fully saturated rings. The molecule has 6 heteroatoms. The first-order chi connectivity index (χ1) is 9.78. The number of nitrogens with zero attached hydrogens (tertiary/aromatic N) is 4. The summed E-state index contributed by atoms with van der Waals surface area (Å²) in [5, 5.41) is 11.5. The van der Waals surface area contributed by atoms with Crippen molar-refractivity contribution in [3.63, 3.8) is 0 Å². The highest BCUT2D eigenvalue weighted by atomic mass is 16.5. The van der Waals surface area contributed by atoms with Gasteiger partial charge in [0.15, 0.2) is 0 Å². The van der Waals surface area contributed by atoms with Crippen LogP contribution in [0.4, 0.5) is 0 Å². The van der Waals surface area contributed by atoms with E-state index in [4.69, 9.17) is 4.74 Å². The molecule has 1 heterocycles. The van der Waals surface area contributed by atoms with Crippen LogP contribution in [0.3, 0.4) is 0 Å². The fraction of sp³-hybridized carbons (Fsp3) is 0.857. The molecule has 6 nitrogen and oxygen atoms in total. The molecule has 0 bridgehead atoms. The Bertz CT molecular complexity index is 377. The van der Waals surface area contributed by atoms with Gasteiger partial charge in [-0.15, -0.1) is 5.10 Å². The summed E-state index contributed by atoms with van der Waals surface area (Å²) in [7, 11) is 2.12. The fourth-order valence-corrected chi connectivity index (χ4v) is 1.92. The number of rotatable bonds is 11. The van der Waals surface area contributed by atoms with Crippen LogP contribution < -0.4 is 5.32 Å². The molecule has 0 amide bonds. The summed E-state index contributed by atoms with van der Waals surface area (Å²) < 4.78 is 7.55. The van der Waals surface area contributed by atoms with Crippen LogP contribution in [-0.2, 0) is 17.8 Å². The molecule has 0 saturated heterocycles. The van der Waals surface area contributed by atoms with E-state index in [0.29, 0.717) is 0 Å². The van der Waals surface area contributed by atoms with Gasteiger partial charge in [0, 0.05) is 32.4 Å². The Labute approximate surface area is 121 Å². The second kappa shape index (κ2) is 8.34. The molecular formula is C14H27N5O. The average Bonchev–Trinajstić information content (AvgIpc) is 3.17. The van der Waals surface area contributed by atoms with Crippen LogP contribution in [0.15, 0.2) is 6.20 Å². The predicted molar refractivity (Wildman–Crippen MR) is 78.4 cm³/mol. The zero-order valence-electron chi connectivity index (χ0n) is 12.7. The van der Waals surface area contributed by atoms with Crippen LogP contribution in [0.5, 0.6) is 0 Å². The predicted octanol–water partition coefficient (Wildman–Crippen LogP) is 0.746. The lowest BCUT2D eigenvalue weighted by molar-refractivity contribution is 0.102. The molecule has 1 saturated carbocycles. The highest BCUT2D eigenvalue weighted by Crippen LogP contribution is 2.28. The summed E-state index contributed by atoms with van der Waals surface area (Å²) in [6.45, 7) is 8.43. The molecule has 1 aromatic heterocycles. The first kappa shape index (κ1) is 15.4. The largest absolute Gasteiger partial charge is 0.380 e. The van der Waals surface area contributed by atoms with Gasteiger partial charge in [0.05, 0.1) is 18.8 Å². The van der Waals surface area contributed by atoms with Gasteiger partial charge in [-0.05, 0) is 32.4 Å². The third-order valence-corrected chi connectivity index (χ3v) is 3.52. The van der Waals surface area contributed by atoms with E-state index in [2.05, 4.69) is 34.5 Å². The SMILES string of the molecule is CCNCc1cn(CCN(C)CCOCC2CC2)nn1. The van der Waals surface area contributed by atoms with E-state index in [1.807, 2.05) is 10.9 Å². The molecule has 1 N–H and O–H groups in total. The Morgan fingerprint density at radius 3 is 3.05 bits per heavy atom. The van der Waals surface area contributed by atoms with Gasteiger partial charge in [0.1, 0.15) is 0 Å². The van der Waals surface area contributed by atoms with Crippen molar-refractivity contribution in [3.8, 4) is 0 Å². The fourth-order valence-electron chi connectivity index (χ4n) is 1.92. The molecule has 1 aliphatic rings. The third kappa shape index (κ3) is 5.98. The van der Waals surface area contributed by atoms with Gasteiger partial charge in [-0.1, -0.05) is 12.1 Å². The Hall–Kier alpha value is -0.980. The summed E-state index contributed by atoms with van der Waals surface area (Å²) in [6.07, 6.45) is 4.73. The summed E-state index contributed by atoms with van der Waals surface area (Å²) >= 11 is 0. The minimum Gasteiger partial charge on any atom is -0.380 e. The van der Waals surface area contributed by atoms with Crippen molar-refractivity contribution < 1.29 is 4.74 Å². The van der Waals surface area contributed by atoms with Crippen LogP contribution in [0.25, 0.3) is 0 Å². The topological polar surface area (TPSA) is 55.2 Å². The molecule has 0 atom stereocenters. The van der Waals surface area contributed by atoms with Crippen molar-refractivity contribution >= 4 is 0 Å². The minimum absolute atomic E-state index is 0.793. The highest BCUT2D eigenvalue weighted by Gasteiger charge is 2.20. The maximum Gasteiger partial charge on any atom is 0.0964 e. The maximum absolute atomic E-state index is 5.64. The number of hydrogen-bond acceptors (Lipinski definition) is 5. The van der Waals surface area contributed by atoms with Gasteiger partial charge in [0.2, 0.25) is 0 Å². The van der Waals surface area contributed by atoms with Crippen LogP contribution in [0.1, 0.15) is 25.5 Å². The highest BCUT2D eigenvalue weighted by molar-refractivity contribution is 4.91. The molecule has 20 heavy (non-hydrogen) atoms. The van der Waals surface area contributed by atoms with Crippen molar-refractivity contribution in [2.45, 2.75) is 32.9 Å². The second-order valence-electron chi connectivity index (χ2n) is 5.57. The number of hydrogen-bond donors (Lipinski definition) is 1. The van der Waals surface area contributed by atoms with Crippen LogP contribution in [-0.4, -0.2) is 59.8 Å². The van der Waals surface area contributed by atoms with E-state index in [9.17, 15) is 0 Å². The van der Waals surface area contributed by atoms with Crippen molar-refractivity contribution in [3.05, 3.63) is 11.9 Å². The first-order valence-corrected chi connectivity index (χ1v) is 7.64. The molecule has 0 radical (unpaired) electrons. The van der Waals surface area contributed by atoms with Crippen LogP contribution in [0.2, 0.25) is 0 Å². The normalized spacial score (nSPS) is 15.2. The number of aromatic nitrogens is 3. The average molecular weight is 281 g/mol. The van der Waals surface area contributed by atoms with Crippen LogP contribution >= 0.6 is 0 Å². The third-order valence-electron chi connectivity index (χ3n) is 3.52. The molecule has 0 aromatic carbocycles. The summed E-state index contributed by atoms with van der Waals surface area (Å²) in [5.74, 6) is 0.852. The quantitative estimate of drug-likeness (QED) is 0.607. The molecule has 1 aliphatic carbocycles. The monoisotopic (exact) mass is 281 g/mol. The van der Waals surface area contributed by atoms with E-state index in [1.54, 1.807) is 0 Å². The van der Waals surface area contributed by atoms with E-state index < -0.39 is 0 Å². The first-order valence-electron chi connectivity index (χ1n) is 7.64. The Morgan fingerprint density at radius 2 is 2.30 bits per heavy atom. The van der Waals surface area contributed by atoms with E-state index in [1.165, 1.54) is 12.8 Å². The number of ether oxygens (including phenoxy) is 1. The van der Waals surface area contributed by atoms with Crippen molar-refractivity contribution in [1.29, 1.82) is 0 Å². The van der Waals surface area contributed by atoms with Gasteiger partial charge < -0.3 is 15.0 Å². The molecule has 2 rings (SSSR count). The number of likely N-dealkylation sites (N-methyl/N-ethyl adjacent to an activating group) is 1. The lowest BCUT2D eigenvalue weighted by Crippen LogP contribution is -2.27. The van der Waals surface area contributed by atoms with Crippen molar-refractivity contribution in [2.75, 3.05) is 39.9 Å². The zero-order valence-corrected chi connectivity index (χ0v) is 12.7. The zero-order chi connectivity index (χ0) is 14.2. The van der Waals surface area contributed by atoms with Gasteiger partial charge in [-0.25, -0.2) is 0 Å². The molecular weight excluding hydrogens is 254 g/mol. The molecule has 114 valence electrons. The standard InChI is InChI=1S/C14H27N5O/c1-3-15-10-14-11-19(17-16-14)7-6-18(2)8-9-20-12-13-4-5-13/h11,13,15H,3-10,12H2,1-2H3. The van der Waals surface area contributed by atoms with Gasteiger partial charge in [-0.2, -0.15) is 0 Å². The van der Waals surface area contributed by atoms with Crippen molar-refractivity contribution in [1.82, 2.24) is 25.2 Å². The van der Waals surface area contributed by atoms with Gasteiger partial charge in [-0.3, -0.25) is 4.68 Å². The summed E-state index contributed by atoms with van der Waals surface area (Å²) in [5.41, 5.74) is 1.00. The minimum atomic E-state index is 0.793. The lowest BCUT2D eigenvalue weighted by Gasteiger charge is -2.16. The lowest BCUT2D eigenvalue weighted by atomic mass is 10.4. The van der Waals surface area contributed by atoms with E-state index >= 15 is 0 Å². The maximum atomic E-state index is 5.64. The smallest absolute Gasteiger partial charge is 0.0964 e. The Balaban J connectivity index is 1.54. The van der Waals surface area contributed by atoms with E-state index in [0.717, 1.165) is 57.5 Å². The summed E-state index contributed by atoms with van der Waals surface area (Å²) in [6, 6.07) is 0. The van der Waals surface area contributed by atoms with E-state index in [-0.39, 0.29) is 0 Å². The van der Waals surface area contributed by atoms with Crippen molar-refractivity contribution in [2.24, 2.45) is 5.92 Å². The molecule has 1 aromatic rings. The molecule has 0 aliphatic heterocycles. The molecule has 0 unspecified atom stereocenters. The number of nitrogens with one attached hydrogen (secondary N) is 1.